The topological polar surface area (TPSA) is 32.3 Å². The molecule has 2 N–H and O–H groups in total. The largest absolute Gasteiger partial charge is 0.392 e. The lowest BCUT2D eigenvalue weighted by Crippen LogP contribution is -2.41. The van der Waals surface area contributed by atoms with E-state index in [0.717, 1.165) is 18.8 Å². The summed E-state index contributed by atoms with van der Waals surface area (Å²) in [4.78, 5) is 0. The van der Waals surface area contributed by atoms with Crippen molar-refractivity contribution in [3.8, 4) is 0 Å². The molecule has 3 atom stereocenters. The molecule has 1 unspecified atom stereocenters. The van der Waals surface area contributed by atoms with Crippen molar-refractivity contribution in [2.75, 3.05) is 0 Å². The van der Waals surface area contributed by atoms with Gasteiger partial charge in [0.2, 0.25) is 0 Å². The molecule has 0 bridgehead atoms. The minimum absolute atomic E-state index is 0.102. The monoisotopic (exact) mass is 185 g/mol. The molecular weight excluding hydrogens is 162 g/mol. The standard InChI is InChI=1S/C11H23NO/c1-8(2)7-9(3)12-10-5-4-6-11(10)13/h8-13H,4-7H2,1-3H3/t9?,10-,11-/m1/s1. The van der Waals surface area contributed by atoms with Gasteiger partial charge in [-0.15, -0.1) is 0 Å². The molecular formula is C11H23NO. The number of rotatable bonds is 4. The minimum Gasteiger partial charge on any atom is -0.392 e. The highest BCUT2D eigenvalue weighted by Gasteiger charge is 2.25. The fourth-order valence-corrected chi connectivity index (χ4v) is 2.28. The summed E-state index contributed by atoms with van der Waals surface area (Å²) < 4.78 is 0. The molecule has 0 radical (unpaired) electrons. The summed E-state index contributed by atoms with van der Waals surface area (Å²) in [6.45, 7) is 6.69. The lowest BCUT2D eigenvalue weighted by molar-refractivity contribution is 0.142. The number of aliphatic hydroxyl groups excluding tert-OH is 1. The summed E-state index contributed by atoms with van der Waals surface area (Å²) in [5, 5.41) is 13.1. The minimum atomic E-state index is -0.102. The molecule has 1 aliphatic rings. The molecule has 2 heteroatoms. The van der Waals surface area contributed by atoms with Crippen molar-refractivity contribution in [1.29, 1.82) is 0 Å². The lowest BCUT2D eigenvalue weighted by Gasteiger charge is -2.23. The third-order valence-electron chi connectivity index (χ3n) is 2.80. The fraction of sp³-hybridized carbons (Fsp3) is 1.00. The van der Waals surface area contributed by atoms with E-state index in [-0.39, 0.29) is 6.10 Å². The number of hydrogen-bond donors (Lipinski definition) is 2. The first kappa shape index (κ1) is 11.0. The quantitative estimate of drug-likeness (QED) is 0.701. The van der Waals surface area contributed by atoms with Gasteiger partial charge in [-0.3, -0.25) is 0 Å². The highest BCUT2D eigenvalue weighted by atomic mass is 16.3. The molecule has 0 saturated heterocycles. The van der Waals surface area contributed by atoms with E-state index in [1.807, 2.05) is 0 Å². The van der Waals surface area contributed by atoms with Gasteiger partial charge >= 0.3 is 0 Å². The molecule has 0 heterocycles. The molecule has 2 nitrogen and oxygen atoms in total. The van der Waals surface area contributed by atoms with E-state index >= 15 is 0 Å². The second-order valence-electron chi connectivity index (χ2n) is 4.80. The van der Waals surface area contributed by atoms with Crippen LogP contribution >= 0.6 is 0 Å². The summed E-state index contributed by atoms with van der Waals surface area (Å²) in [6, 6.07) is 0.895. The van der Waals surface area contributed by atoms with Crippen molar-refractivity contribution in [2.45, 2.75) is 64.6 Å². The van der Waals surface area contributed by atoms with Crippen LogP contribution in [0.25, 0.3) is 0 Å². The molecule has 1 fully saturated rings. The zero-order valence-electron chi connectivity index (χ0n) is 9.09. The second kappa shape index (κ2) is 4.97. The van der Waals surface area contributed by atoms with Crippen molar-refractivity contribution in [2.24, 2.45) is 5.92 Å². The van der Waals surface area contributed by atoms with Crippen LogP contribution in [0, 0.1) is 5.92 Å². The molecule has 13 heavy (non-hydrogen) atoms. The molecule has 0 aliphatic heterocycles. The average molecular weight is 185 g/mol. The third kappa shape index (κ3) is 3.65. The van der Waals surface area contributed by atoms with Crippen molar-refractivity contribution < 1.29 is 5.11 Å². The molecule has 0 aromatic carbocycles. The Balaban J connectivity index is 2.22. The maximum atomic E-state index is 9.61. The van der Waals surface area contributed by atoms with Crippen molar-refractivity contribution in [3.05, 3.63) is 0 Å². The molecule has 0 spiro atoms. The molecule has 0 aromatic heterocycles. The Morgan fingerprint density at radius 3 is 2.46 bits per heavy atom. The van der Waals surface area contributed by atoms with E-state index in [1.54, 1.807) is 0 Å². The Hall–Kier alpha value is -0.0800. The normalized spacial score (nSPS) is 31.2. The number of hydrogen-bond acceptors (Lipinski definition) is 2. The van der Waals surface area contributed by atoms with E-state index in [2.05, 4.69) is 26.1 Å². The molecule has 1 aliphatic carbocycles. The van der Waals surface area contributed by atoms with Crippen LogP contribution < -0.4 is 5.32 Å². The Labute approximate surface area is 81.7 Å². The van der Waals surface area contributed by atoms with Gasteiger partial charge in [0.05, 0.1) is 6.10 Å². The van der Waals surface area contributed by atoms with Crippen LogP contribution in [-0.2, 0) is 0 Å². The van der Waals surface area contributed by atoms with Crippen LogP contribution in [0.5, 0.6) is 0 Å². The van der Waals surface area contributed by atoms with Crippen LogP contribution in [0.1, 0.15) is 46.5 Å². The highest BCUT2D eigenvalue weighted by molar-refractivity contribution is 4.84. The summed E-state index contributed by atoms with van der Waals surface area (Å²) in [5.41, 5.74) is 0. The number of aliphatic hydroxyl groups is 1. The van der Waals surface area contributed by atoms with Gasteiger partial charge in [-0.1, -0.05) is 13.8 Å². The van der Waals surface area contributed by atoms with E-state index in [9.17, 15) is 5.11 Å². The van der Waals surface area contributed by atoms with Gasteiger partial charge in [-0.2, -0.15) is 0 Å². The van der Waals surface area contributed by atoms with E-state index in [1.165, 1.54) is 12.8 Å². The molecule has 0 aromatic rings. The fourth-order valence-electron chi connectivity index (χ4n) is 2.28. The molecule has 78 valence electrons. The van der Waals surface area contributed by atoms with Gasteiger partial charge in [0, 0.05) is 12.1 Å². The van der Waals surface area contributed by atoms with Crippen LogP contribution in [0.15, 0.2) is 0 Å². The molecule has 1 saturated carbocycles. The predicted molar refractivity (Wildman–Crippen MR) is 55.7 cm³/mol. The van der Waals surface area contributed by atoms with Gasteiger partial charge in [0.25, 0.3) is 0 Å². The number of nitrogens with one attached hydrogen (secondary N) is 1. The maximum Gasteiger partial charge on any atom is 0.0693 e. The smallest absolute Gasteiger partial charge is 0.0693 e. The van der Waals surface area contributed by atoms with E-state index in [4.69, 9.17) is 0 Å². The average Bonchev–Trinajstić information content (AvgIpc) is 2.34. The summed E-state index contributed by atoms with van der Waals surface area (Å²) in [5.74, 6) is 0.737. The van der Waals surface area contributed by atoms with Crippen LogP contribution in [-0.4, -0.2) is 23.3 Å². The third-order valence-corrected chi connectivity index (χ3v) is 2.80. The first-order valence-electron chi connectivity index (χ1n) is 5.53. The van der Waals surface area contributed by atoms with Gasteiger partial charge in [-0.05, 0) is 38.5 Å². The Morgan fingerprint density at radius 2 is 2.00 bits per heavy atom. The zero-order chi connectivity index (χ0) is 9.84. The van der Waals surface area contributed by atoms with Crippen molar-refractivity contribution in [1.82, 2.24) is 5.32 Å². The van der Waals surface area contributed by atoms with E-state index in [0.29, 0.717) is 12.1 Å². The Bertz CT molecular complexity index is 147. The van der Waals surface area contributed by atoms with Crippen LogP contribution in [0.3, 0.4) is 0 Å². The van der Waals surface area contributed by atoms with E-state index < -0.39 is 0 Å². The lowest BCUT2D eigenvalue weighted by atomic mass is 10.0. The van der Waals surface area contributed by atoms with Gasteiger partial charge in [0.15, 0.2) is 0 Å². The maximum absolute atomic E-state index is 9.61. The summed E-state index contributed by atoms with van der Waals surface area (Å²) >= 11 is 0. The zero-order valence-corrected chi connectivity index (χ0v) is 9.09. The van der Waals surface area contributed by atoms with Crippen molar-refractivity contribution >= 4 is 0 Å². The second-order valence-corrected chi connectivity index (χ2v) is 4.80. The highest BCUT2D eigenvalue weighted by Crippen LogP contribution is 2.20. The first-order valence-corrected chi connectivity index (χ1v) is 5.53. The Kier molecular flexibility index (Phi) is 4.20. The molecule has 0 amide bonds. The molecule has 1 rings (SSSR count). The van der Waals surface area contributed by atoms with Gasteiger partial charge in [0.1, 0.15) is 0 Å². The first-order chi connectivity index (χ1) is 6.09. The SMILES string of the molecule is CC(C)CC(C)N[C@@H]1CCC[C@H]1O. The summed E-state index contributed by atoms with van der Waals surface area (Å²) in [7, 11) is 0. The van der Waals surface area contributed by atoms with Crippen molar-refractivity contribution in [3.63, 3.8) is 0 Å². The van der Waals surface area contributed by atoms with Crippen LogP contribution in [0.2, 0.25) is 0 Å². The predicted octanol–water partition coefficient (Wildman–Crippen LogP) is 1.92. The summed E-state index contributed by atoms with van der Waals surface area (Å²) in [6.07, 6.45) is 4.39. The van der Waals surface area contributed by atoms with Gasteiger partial charge < -0.3 is 10.4 Å². The van der Waals surface area contributed by atoms with Crippen LogP contribution in [0.4, 0.5) is 0 Å². The Morgan fingerprint density at radius 1 is 1.31 bits per heavy atom. The van der Waals surface area contributed by atoms with Gasteiger partial charge in [-0.25, -0.2) is 0 Å².